The number of esters is 1. The molecule has 0 fully saturated rings. The van der Waals surface area contributed by atoms with Gasteiger partial charge in [-0.1, -0.05) is 60.7 Å². The van der Waals surface area contributed by atoms with E-state index in [4.69, 9.17) is 4.74 Å². The lowest BCUT2D eigenvalue weighted by atomic mass is 9.93. The van der Waals surface area contributed by atoms with Gasteiger partial charge in [0.15, 0.2) is 0 Å². The summed E-state index contributed by atoms with van der Waals surface area (Å²) in [5.74, 6) is -1.10. The van der Waals surface area contributed by atoms with Gasteiger partial charge in [0.05, 0.1) is 12.7 Å². The first-order chi connectivity index (χ1) is 14.0. The summed E-state index contributed by atoms with van der Waals surface area (Å²) in [6.45, 7) is 1.67. The first kappa shape index (κ1) is 20.1. The predicted octanol–water partition coefficient (Wildman–Crippen LogP) is 3.78. The minimum atomic E-state index is -0.875. The van der Waals surface area contributed by atoms with Gasteiger partial charge in [0.25, 0.3) is 5.91 Å². The fourth-order valence-electron chi connectivity index (χ4n) is 3.28. The highest BCUT2D eigenvalue weighted by molar-refractivity contribution is 6.06. The molecule has 1 heterocycles. The highest BCUT2D eigenvalue weighted by Crippen LogP contribution is 2.37. The molecule has 29 heavy (non-hydrogen) atoms. The zero-order valence-electron chi connectivity index (χ0n) is 16.5. The third-order valence-corrected chi connectivity index (χ3v) is 4.89. The van der Waals surface area contributed by atoms with Crippen LogP contribution in [-0.4, -0.2) is 41.9 Å². The summed E-state index contributed by atoms with van der Waals surface area (Å²) in [7, 11) is 2.81. The Morgan fingerprint density at radius 1 is 1.00 bits per heavy atom. The molecule has 6 heteroatoms. The van der Waals surface area contributed by atoms with Gasteiger partial charge in [-0.05, 0) is 24.1 Å². The van der Waals surface area contributed by atoms with E-state index in [0.29, 0.717) is 11.3 Å². The third-order valence-electron chi connectivity index (χ3n) is 4.89. The third kappa shape index (κ3) is 3.96. The van der Waals surface area contributed by atoms with E-state index < -0.39 is 23.9 Å². The quantitative estimate of drug-likeness (QED) is 0.589. The molecule has 0 aliphatic carbocycles. The van der Waals surface area contributed by atoms with Crippen LogP contribution in [-0.2, 0) is 14.3 Å². The van der Waals surface area contributed by atoms with Gasteiger partial charge in [0.2, 0.25) is 0 Å². The van der Waals surface area contributed by atoms with Crippen molar-refractivity contribution in [3.63, 3.8) is 0 Å². The van der Waals surface area contributed by atoms with Crippen LogP contribution in [0, 0.1) is 0 Å². The Hall–Kier alpha value is -3.67. The van der Waals surface area contributed by atoms with Crippen molar-refractivity contribution in [2.45, 2.75) is 13.0 Å². The monoisotopic (exact) mass is 390 g/mol. The molecular weight excluding hydrogens is 368 g/mol. The van der Waals surface area contributed by atoms with E-state index in [-0.39, 0.29) is 5.57 Å². The lowest BCUT2D eigenvalue weighted by Gasteiger charge is -2.39. The van der Waals surface area contributed by atoms with Gasteiger partial charge in [-0.3, -0.25) is 4.79 Å². The molecule has 0 saturated carbocycles. The highest BCUT2D eigenvalue weighted by atomic mass is 16.5. The zero-order chi connectivity index (χ0) is 21.0. The van der Waals surface area contributed by atoms with Gasteiger partial charge in [-0.25, -0.2) is 14.5 Å². The number of carbonyl (C=O) groups excluding carboxylic acids is 3. The standard InChI is InChI=1S/C23H22N2O4/c1-16-20(22(27)29-3)21(18-12-8-5-9-13-18)25(23(28)24(16)2)19(26)15-14-17-10-6-4-7-11-17/h4-15,21H,1-3H3/b15-14+/t21-/m1/s1. The van der Waals surface area contributed by atoms with Crippen LogP contribution < -0.4 is 0 Å². The molecule has 0 aromatic heterocycles. The maximum absolute atomic E-state index is 13.1. The number of methoxy groups -OCH3 is 1. The fraction of sp³-hybridized carbons (Fsp3) is 0.174. The summed E-state index contributed by atoms with van der Waals surface area (Å²) in [6.07, 6.45) is 2.98. The Morgan fingerprint density at radius 3 is 2.17 bits per heavy atom. The molecule has 3 rings (SSSR count). The van der Waals surface area contributed by atoms with Crippen LogP contribution in [0.5, 0.6) is 0 Å². The van der Waals surface area contributed by atoms with Crippen molar-refractivity contribution in [2.75, 3.05) is 14.2 Å². The fourth-order valence-corrected chi connectivity index (χ4v) is 3.28. The molecule has 1 aliphatic rings. The summed E-state index contributed by atoms with van der Waals surface area (Å²) in [5.41, 5.74) is 2.18. The van der Waals surface area contributed by atoms with Crippen molar-refractivity contribution < 1.29 is 19.1 Å². The van der Waals surface area contributed by atoms with Gasteiger partial charge in [0.1, 0.15) is 6.04 Å². The number of allylic oxidation sites excluding steroid dienone is 1. The van der Waals surface area contributed by atoms with Crippen molar-refractivity contribution in [3.8, 4) is 0 Å². The average Bonchev–Trinajstić information content (AvgIpc) is 2.76. The van der Waals surface area contributed by atoms with E-state index in [1.807, 2.05) is 36.4 Å². The number of carbonyl (C=O) groups is 3. The summed E-state index contributed by atoms with van der Waals surface area (Å²) >= 11 is 0. The first-order valence-electron chi connectivity index (χ1n) is 9.13. The van der Waals surface area contributed by atoms with Crippen LogP contribution in [0.4, 0.5) is 4.79 Å². The minimum absolute atomic E-state index is 0.252. The smallest absolute Gasteiger partial charge is 0.338 e. The number of ether oxygens (including phenoxy) is 1. The summed E-state index contributed by atoms with van der Waals surface area (Å²) in [5, 5.41) is 0. The number of benzene rings is 2. The normalized spacial score (nSPS) is 17.1. The summed E-state index contributed by atoms with van der Waals surface area (Å²) in [6, 6.07) is 16.9. The van der Waals surface area contributed by atoms with E-state index in [9.17, 15) is 14.4 Å². The second-order valence-corrected chi connectivity index (χ2v) is 6.60. The van der Waals surface area contributed by atoms with Crippen LogP contribution in [0.2, 0.25) is 0 Å². The molecule has 2 aromatic rings. The average molecular weight is 390 g/mol. The van der Waals surface area contributed by atoms with Gasteiger partial charge >= 0.3 is 12.0 Å². The highest BCUT2D eigenvalue weighted by Gasteiger charge is 2.43. The van der Waals surface area contributed by atoms with Crippen LogP contribution in [0.25, 0.3) is 6.08 Å². The Labute approximate surface area is 169 Å². The van der Waals surface area contributed by atoms with E-state index in [1.165, 1.54) is 25.1 Å². The second-order valence-electron chi connectivity index (χ2n) is 6.60. The van der Waals surface area contributed by atoms with Crippen LogP contribution in [0.3, 0.4) is 0 Å². The molecule has 6 nitrogen and oxygen atoms in total. The number of amides is 3. The van der Waals surface area contributed by atoms with Crippen LogP contribution in [0.15, 0.2) is 78.0 Å². The van der Waals surface area contributed by atoms with E-state index in [0.717, 1.165) is 10.5 Å². The summed E-state index contributed by atoms with van der Waals surface area (Å²) in [4.78, 5) is 41.1. The molecule has 148 valence electrons. The molecule has 0 N–H and O–H groups in total. The number of hydrogen-bond acceptors (Lipinski definition) is 4. The van der Waals surface area contributed by atoms with Gasteiger partial charge in [-0.15, -0.1) is 0 Å². The number of hydrogen-bond donors (Lipinski definition) is 0. The van der Waals surface area contributed by atoms with Crippen LogP contribution >= 0.6 is 0 Å². The molecular formula is C23H22N2O4. The zero-order valence-corrected chi connectivity index (χ0v) is 16.5. The molecule has 0 spiro atoms. The maximum atomic E-state index is 13.1. The predicted molar refractivity (Wildman–Crippen MR) is 109 cm³/mol. The Kier molecular flexibility index (Phi) is 5.93. The summed E-state index contributed by atoms with van der Waals surface area (Å²) < 4.78 is 4.96. The van der Waals surface area contributed by atoms with Crippen molar-refractivity contribution in [2.24, 2.45) is 0 Å². The van der Waals surface area contributed by atoms with Crippen LogP contribution in [0.1, 0.15) is 24.1 Å². The van der Waals surface area contributed by atoms with Gasteiger partial charge in [-0.2, -0.15) is 0 Å². The Morgan fingerprint density at radius 2 is 1.59 bits per heavy atom. The van der Waals surface area contributed by atoms with Crippen molar-refractivity contribution >= 4 is 24.0 Å². The van der Waals surface area contributed by atoms with Gasteiger partial charge < -0.3 is 9.64 Å². The number of urea groups is 1. The van der Waals surface area contributed by atoms with E-state index >= 15 is 0 Å². The maximum Gasteiger partial charge on any atom is 0.338 e. The molecule has 0 radical (unpaired) electrons. The van der Waals surface area contributed by atoms with Crippen molar-refractivity contribution in [1.82, 2.24) is 9.80 Å². The molecule has 0 bridgehead atoms. The van der Waals surface area contributed by atoms with Gasteiger partial charge in [0, 0.05) is 18.8 Å². The largest absolute Gasteiger partial charge is 0.466 e. The first-order valence-corrected chi connectivity index (χ1v) is 9.13. The topological polar surface area (TPSA) is 66.9 Å². The Bertz CT molecular complexity index is 980. The molecule has 0 saturated heterocycles. The van der Waals surface area contributed by atoms with E-state index in [1.54, 1.807) is 37.3 Å². The minimum Gasteiger partial charge on any atom is -0.466 e. The van der Waals surface area contributed by atoms with Crippen molar-refractivity contribution in [3.05, 3.63) is 89.1 Å². The lowest BCUT2D eigenvalue weighted by Crippen LogP contribution is -2.51. The van der Waals surface area contributed by atoms with Crippen molar-refractivity contribution in [1.29, 1.82) is 0 Å². The number of rotatable bonds is 4. The number of imide groups is 1. The molecule has 3 amide bonds. The molecule has 1 atom stereocenters. The molecule has 2 aromatic carbocycles. The molecule has 0 unspecified atom stereocenters. The van der Waals surface area contributed by atoms with E-state index in [2.05, 4.69) is 0 Å². The Balaban J connectivity index is 2.09. The SMILES string of the molecule is COC(=O)C1=C(C)N(C)C(=O)N(C(=O)/C=C/c2ccccc2)[C@@H]1c1ccccc1. The number of nitrogens with zero attached hydrogens (tertiary/aromatic N) is 2. The second kappa shape index (κ2) is 8.56. The molecule has 1 aliphatic heterocycles. The lowest BCUT2D eigenvalue weighted by molar-refractivity contribution is -0.137.